The Bertz CT molecular complexity index is 466. The van der Waals surface area contributed by atoms with E-state index >= 15 is 0 Å². The summed E-state index contributed by atoms with van der Waals surface area (Å²) in [6, 6.07) is 0. The Balaban J connectivity index is 1.89. The van der Waals surface area contributed by atoms with Crippen LogP contribution in [-0.4, -0.2) is 55.1 Å². The van der Waals surface area contributed by atoms with Gasteiger partial charge in [0.05, 0.1) is 0 Å². The minimum Gasteiger partial charge on any atom is -0.382 e. The molecule has 0 aliphatic carbocycles. The molecule has 0 atom stereocenters. The maximum absolute atomic E-state index is 12.2. The largest absolute Gasteiger partial charge is 0.382 e. The van der Waals surface area contributed by atoms with Gasteiger partial charge in [0, 0.05) is 26.2 Å². The number of likely N-dealkylation sites (tertiary alicyclic amines) is 1. The average molecular weight is 311 g/mol. The molecule has 0 radical (unpaired) electrons. The molecule has 2 heterocycles. The molecule has 6 nitrogen and oxygen atoms in total. The molecule has 118 valence electrons. The van der Waals surface area contributed by atoms with Crippen LogP contribution in [0.25, 0.3) is 0 Å². The van der Waals surface area contributed by atoms with Crippen LogP contribution in [0.5, 0.6) is 0 Å². The molecule has 1 aliphatic rings. The average Bonchev–Trinajstić information content (AvgIpc) is 3.10. The molecule has 21 heavy (non-hydrogen) atoms. The number of nitrogens with zero attached hydrogens (tertiary/aromatic N) is 3. The van der Waals surface area contributed by atoms with Gasteiger partial charge in [-0.1, -0.05) is 11.3 Å². The number of thiazole rings is 1. The van der Waals surface area contributed by atoms with Crippen molar-refractivity contribution < 1.29 is 4.79 Å². The van der Waals surface area contributed by atoms with Crippen LogP contribution >= 0.6 is 11.3 Å². The van der Waals surface area contributed by atoms with Gasteiger partial charge in [0.1, 0.15) is 10.7 Å². The fourth-order valence-corrected chi connectivity index (χ4v) is 3.56. The van der Waals surface area contributed by atoms with E-state index in [9.17, 15) is 4.79 Å². The number of nitrogen functional groups attached to an aromatic ring is 1. The first-order valence-electron chi connectivity index (χ1n) is 7.67. The zero-order valence-electron chi connectivity index (χ0n) is 12.9. The number of amides is 1. The van der Waals surface area contributed by atoms with Gasteiger partial charge in [-0.3, -0.25) is 4.79 Å². The number of carbonyl (C=O) groups excluding carboxylic acids is 1. The van der Waals surface area contributed by atoms with E-state index in [0.717, 1.165) is 37.9 Å². The predicted octanol–water partition coefficient (Wildman–Crippen LogP) is 1.40. The fourth-order valence-electron chi connectivity index (χ4n) is 2.53. The van der Waals surface area contributed by atoms with Gasteiger partial charge in [-0.2, -0.15) is 0 Å². The summed E-state index contributed by atoms with van der Waals surface area (Å²) in [7, 11) is 0. The number of anilines is 2. The summed E-state index contributed by atoms with van der Waals surface area (Å²) >= 11 is 1.37. The van der Waals surface area contributed by atoms with Crippen molar-refractivity contribution in [2.24, 2.45) is 0 Å². The number of nitrogens with one attached hydrogen (secondary N) is 1. The minimum atomic E-state index is -0.109. The molecule has 0 bridgehead atoms. The number of aromatic nitrogens is 1. The fraction of sp³-hybridized carbons (Fsp3) is 0.714. The molecular formula is C14H25N5OS. The van der Waals surface area contributed by atoms with Crippen molar-refractivity contribution in [2.75, 3.05) is 49.9 Å². The Kier molecular flexibility index (Phi) is 5.81. The van der Waals surface area contributed by atoms with E-state index in [0.29, 0.717) is 17.2 Å². The molecule has 0 saturated carbocycles. The van der Waals surface area contributed by atoms with E-state index in [1.807, 2.05) is 0 Å². The van der Waals surface area contributed by atoms with Crippen molar-refractivity contribution in [3.63, 3.8) is 0 Å². The number of carbonyl (C=O) groups is 1. The molecule has 1 amide bonds. The van der Waals surface area contributed by atoms with Crippen molar-refractivity contribution in [1.82, 2.24) is 15.2 Å². The van der Waals surface area contributed by atoms with E-state index in [2.05, 4.69) is 33.9 Å². The van der Waals surface area contributed by atoms with Gasteiger partial charge >= 0.3 is 0 Å². The van der Waals surface area contributed by atoms with Crippen LogP contribution < -0.4 is 16.0 Å². The first-order valence-corrected chi connectivity index (χ1v) is 8.49. The third-order valence-electron chi connectivity index (χ3n) is 3.79. The standard InChI is InChI=1S/C14H25N5OS/c1-3-19(4-2)14-17-12(15)11(21-14)13(20)16-7-10-18-8-5-6-9-18/h3-10,15H2,1-2H3,(H,16,20). The highest BCUT2D eigenvalue weighted by atomic mass is 32.1. The highest BCUT2D eigenvalue weighted by molar-refractivity contribution is 7.18. The molecule has 1 aliphatic heterocycles. The molecule has 1 saturated heterocycles. The Hall–Kier alpha value is -1.34. The van der Waals surface area contributed by atoms with Crippen LogP contribution in [0, 0.1) is 0 Å². The van der Waals surface area contributed by atoms with Crippen LogP contribution in [0.15, 0.2) is 0 Å². The summed E-state index contributed by atoms with van der Waals surface area (Å²) in [5, 5.41) is 3.77. The number of nitrogens with two attached hydrogens (primary N) is 1. The molecule has 3 N–H and O–H groups in total. The maximum Gasteiger partial charge on any atom is 0.265 e. The van der Waals surface area contributed by atoms with Crippen molar-refractivity contribution in [2.45, 2.75) is 26.7 Å². The van der Waals surface area contributed by atoms with Gasteiger partial charge < -0.3 is 20.9 Å². The summed E-state index contributed by atoms with van der Waals surface area (Å²) in [6.45, 7) is 9.71. The van der Waals surface area contributed by atoms with E-state index in [1.165, 1.54) is 24.2 Å². The lowest BCUT2D eigenvalue weighted by molar-refractivity contribution is 0.0954. The van der Waals surface area contributed by atoms with Gasteiger partial charge in [0.25, 0.3) is 5.91 Å². The molecule has 7 heteroatoms. The van der Waals surface area contributed by atoms with Crippen LogP contribution in [-0.2, 0) is 0 Å². The van der Waals surface area contributed by atoms with E-state index in [-0.39, 0.29) is 5.91 Å². The highest BCUT2D eigenvalue weighted by Crippen LogP contribution is 2.27. The predicted molar refractivity (Wildman–Crippen MR) is 88.1 cm³/mol. The smallest absolute Gasteiger partial charge is 0.265 e. The highest BCUT2D eigenvalue weighted by Gasteiger charge is 2.18. The first kappa shape index (κ1) is 16.0. The van der Waals surface area contributed by atoms with Gasteiger partial charge in [0.2, 0.25) is 0 Å². The molecule has 0 aromatic carbocycles. The quantitative estimate of drug-likeness (QED) is 0.796. The second kappa shape index (κ2) is 7.61. The number of rotatable bonds is 7. The van der Waals surface area contributed by atoms with E-state index in [1.54, 1.807) is 0 Å². The summed E-state index contributed by atoms with van der Waals surface area (Å²) < 4.78 is 0. The second-order valence-corrected chi connectivity index (χ2v) is 6.17. The van der Waals surface area contributed by atoms with E-state index < -0.39 is 0 Å². The SMILES string of the molecule is CCN(CC)c1nc(N)c(C(=O)NCCN2CCCC2)s1. The topological polar surface area (TPSA) is 74.5 Å². The summed E-state index contributed by atoms with van der Waals surface area (Å²) in [4.78, 5) is 21.5. The van der Waals surface area contributed by atoms with Crippen LogP contribution in [0.4, 0.5) is 10.9 Å². The first-order chi connectivity index (χ1) is 10.2. The minimum absolute atomic E-state index is 0.109. The lowest BCUT2D eigenvalue weighted by atomic mass is 10.4. The van der Waals surface area contributed by atoms with Crippen molar-refractivity contribution >= 4 is 28.2 Å². The summed E-state index contributed by atoms with van der Waals surface area (Å²) in [5.74, 6) is 0.225. The van der Waals surface area contributed by atoms with Crippen molar-refractivity contribution in [3.05, 3.63) is 4.88 Å². The van der Waals surface area contributed by atoms with Crippen LogP contribution in [0.1, 0.15) is 36.4 Å². The monoisotopic (exact) mass is 311 g/mol. The summed E-state index contributed by atoms with van der Waals surface area (Å²) in [5.41, 5.74) is 5.88. The van der Waals surface area contributed by atoms with Gasteiger partial charge in [-0.15, -0.1) is 0 Å². The van der Waals surface area contributed by atoms with Crippen LogP contribution in [0.2, 0.25) is 0 Å². The molecule has 1 aromatic heterocycles. The van der Waals surface area contributed by atoms with Gasteiger partial charge in [-0.05, 0) is 39.8 Å². The Morgan fingerprint density at radius 3 is 2.67 bits per heavy atom. The Morgan fingerprint density at radius 1 is 1.38 bits per heavy atom. The summed E-state index contributed by atoms with van der Waals surface area (Å²) in [6.07, 6.45) is 2.53. The Morgan fingerprint density at radius 2 is 2.05 bits per heavy atom. The lowest BCUT2D eigenvalue weighted by Crippen LogP contribution is -2.33. The molecule has 1 fully saturated rings. The molecule has 1 aromatic rings. The van der Waals surface area contributed by atoms with Crippen molar-refractivity contribution in [3.8, 4) is 0 Å². The maximum atomic E-state index is 12.2. The van der Waals surface area contributed by atoms with Gasteiger partial charge in [0.15, 0.2) is 5.13 Å². The molecule has 0 unspecified atom stereocenters. The van der Waals surface area contributed by atoms with Crippen molar-refractivity contribution in [1.29, 1.82) is 0 Å². The molecular weight excluding hydrogens is 286 g/mol. The lowest BCUT2D eigenvalue weighted by Gasteiger charge is -2.16. The zero-order chi connectivity index (χ0) is 15.2. The number of hydrogen-bond donors (Lipinski definition) is 2. The second-order valence-electron chi connectivity index (χ2n) is 5.19. The normalized spacial score (nSPS) is 15.3. The third kappa shape index (κ3) is 4.07. The molecule has 2 rings (SSSR count). The Labute approximate surface area is 130 Å². The zero-order valence-corrected chi connectivity index (χ0v) is 13.7. The van der Waals surface area contributed by atoms with Gasteiger partial charge in [-0.25, -0.2) is 4.98 Å². The molecule has 0 spiro atoms. The van der Waals surface area contributed by atoms with Crippen LogP contribution in [0.3, 0.4) is 0 Å². The third-order valence-corrected chi connectivity index (χ3v) is 4.93. The number of hydrogen-bond acceptors (Lipinski definition) is 6. The van der Waals surface area contributed by atoms with E-state index in [4.69, 9.17) is 5.73 Å².